The molecule has 0 aliphatic heterocycles. The molecule has 0 aromatic heterocycles. The Hall–Kier alpha value is -3.32. The van der Waals surface area contributed by atoms with Crippen molar-refractivity contribution < 1.29 is 17.9 Å². The SMILES string of the molecule is Cc1cccc(OCCNC(=O)c2ccccc2N(C)S(=O)(=O)c2ccccc2)c1. The summed E-state index contributed by atoms with van der Waals surface area (Å²) in [6.07, 6.45) is 0. The summed E-state index contributed by atoms with van der Waals surface area (Å²) >= 11 is 0. The molecule has 0 fully saturated rings. The van der Waals surface area contributed by atoms with Crippen LogP contribution in [0.1, 0.15) is 15.9 Å². The van der Waals surface area contributed by atoms with Gasteiger partial charge in [0.2, 0.25) is 0 Å². The van der Waals surface area contributed by atoms with Gasteiger partial charge in [-0.25, -0.2) is 8.42 Å². The summed E-state index contributed by atoms with van der Waals surface area (Å²) < 4.78 is 32.6. The number of rotatable bonds is 8. The summed E-state index contributed by atoms with van der Waals surface area (Å²) in [5.41, 5.74) is 1.67. The van der Waals surface area contributed by atoms with E-state index in [-0.39, 0.29) is 22.9 Å². The van der Waals surface area contributed by atoms with Gasteiger partial charge in [0, 0.05) is 7.05 Å². The molecule has 3 aromatic carbocycles. The van der Waals surface area contributed by atoms with Crippen LogP contribution in [0.25, 0.3) is 0 Å². The molecule has 1 N–H and O–H groups in total. The van der Waals surface area contributed by atoms with Crippen LogP contribution in [0.2, 0.25) is 0 Å². The van der Waals surface area contributed by atoms with Crippen molar-refractivity contribution in [1.82, 2.24) is 5.32 Å². The highest BCUT2D eigenvalue weighted by molar-refractivity contribution is 7.92. The van der Waals surface area contributed by atoms with E-state index in [1.165, 1.54) is 19.2 Å². The Morgan fingerprint density at radius 3 is 2.40 bits per heavy atom. The number of sulfonamides is 1. The maximum atomic E-state index is 12.9. The fourth-order valence-corrected chi connectivity index (χ4v) is 4.19. The van der Waals surface area contributed by atoms with E-state index in [0.29, 0.717) is 12.3 Å². The molecular formula is C23H24N2O4S. The number of benzene rings is 3. The molecule has 0 bridgehead atoms. The van der Waals surface area contributed by atoms with Gasteiger partial charge in [0.1, 0.15) is 12.4 Å². The first-order valence-corrected chi connectivity index (χ1v) is 10.9. The Balaban J connectivity index is 1.69. The fourth-order valence-electron chi connectivity index (χ4n) is 2.95. The predicted molar refractivity (Wildman–Crippen MR) is 117 cm³/mol. The average Bonchev–Trinajstić information content (AvgIpc) is 2.76. The normalized spacial score (nSPS) is 11.0. The molecule has 0 aliphatic carbocycles. The van der Waals surface area contributed by atoms with Gasteiger partial charge in [-0.15, -0.1) is 0 Å². The number of anilines is 1. The molecule has 0 atom stereocenters. The second-order valence-electron chi connectivity index (χ2n) is 6.72. The number of ether oxygens (including phenoxy) is 1. The largest absolute Gasteiger partial charge is 0.492 e. The van der Waals surface area contributed by atoms with Gasteiger partial charge in [0.25, 0.3) is 15.9 Å². The quantitative estimate of drug-likeness (QED) is 0.561. The second-order valence-corrected chi connectivity index (χ2v) is 8.69. The van der Waals surface area contributed by atoms with Crippen LogP contribution in [0, 0.1) is 6.92 Å². The molecule has 0 heterocycles. The zero-order chi connectivity index (χ0) is 21.6. The van der Waals surface area contributed by atoms with Gasteiger partial charge in [-0.1, -0.05) is 42.5 Å². The molecule has 3 aromatic rings. The highest BCUT2D eigenvalue weighted by Crippen LogP contribution is 2.25. The lowest BCUT2D eigenvalue weighted by atomic mass is 10.1. The first-order chi connectivity index (χ1) is 14.4. The van der Waals surface area contributed by atoms with Gasteiger partial charge in [0.05, 0.1) is 22.7 Å². The van der Waals surface area contributed by atoms with Crippen molar-refractivity contribution >= 4 is 21.6 Å². The lowest BCUT2D eigenvalue weighted by Crippen LogP contribution is -2.32. The summed E-state index contributed by atoms with van der Waals surface area (Å²) in [7, 11) is -2.34. The highest BCUT2D eigenvalue weighted by atomic mass is 32.2. The lowest BCUT2D eigenvalue weighted by molar-refractivity contribution is 0.0947. The third-order valence-corrected chi connectivity index (χ3v) is 6.32. The standard InChI is InChI=1S/C23H24N2O4S/c1-18-9-8-10-19(17-18)29-16-15-24-23(26)21-13-6-7-14-22(21)25(2)30(27,28)20-11-4-3-5-12-20/h3-14,17H,15-16H2,1-2H3,(H,24,26). The molecule has 0 saturated carbocycles. The molecule has 0 saturated heterocycles. The van der Waals surface area contributed by atoms with Crippen LogP contribution >= 0.6 is 0 Å². The molecule has 30 heavy (non-hydrogen) atoms. The van der Waals surface area contributed by atoms with E-state index < -0.39 is 10.0 Å². The topological polar surface area (TPSA) is 75.7 Å². The highest BCUT2D eigenvalue weighted by Gasteiger charge is 2.24. The van der Waals surface area contributed by atoms with Crippen LogP contribution in [-0.2, 0) is 10.0 Å². The Morgan fingerprint density at radius 1 is 0.967 bits per heavy atom. The van der Waals surface area contributed by atoms with Crippen molar-refractivity contribution in [3.05, 3.63) is 90.0 Å². The van der Waals surface area contributed by atoms with Gasteiger partial charge in [0.15, 0.2) is 0 Å². The molecular weight excluding hydrogens is 400 g/mol. The smallest absolute Gasteiger partial charge is 0.264 e. The molecule has 7 heteroatoms. The average molecular weight is 425 g/mol. The Kier molecular flexibility index (Phi) is 6.74. The Labute approximate surface area is 177 Å². The molecule has 3 rings (SSSR count). The van der Waals surface area contributed by atoms with Crippen LogP contribution in [-0.4, -0.2) is 34.5 Å². The lowest BCUT2D eigenvalue weighted by Gasteiger charge is -2.22. The minimum Gasteiger partial charge on any atom is -0.492 e. The number of amides is 1. The summed E-state index contributed by atoms with van der Waals surface area (Å²) in [6.45, 7) is 2.57. The van der Waals surface area contributed by atoms with E-state index in [0.717, 1.165) is 15.6 Å². The first-order valence-electron chi connectivity index (χ1n) is 9.50. The molecule has 1 amide bonds. The number of hydrogen-bond donors (Lipinski definition) is 1. The van der Waals surface area contributed by atoms with Gasteiger partial charge in [-0.2, -0.15) is 0 Å². The molecule has 156 valence electrons. The van der Waals surface area contributed by atoms with Crippen molar-refractivity contribution in [3.63, 3.8) is 0 Å². The monoisotopic (exact) mass is 424 g/mol. The first kappa shape index (κ1) is 21.4. The second kappa shape index (κ2) is 9.45. The molecule has 6 nitrogen and oxygen atoms in total. The van der Waals surface area contributed by atoms with Gasteiger partial charge >= 0.3 is 0 Å². The van der Waals surface area contributed by atoms with Crippen molar-refractivity contribution in [2.75, 3.05) is 24.5 Å². The summed E-state index contributed by atoms with van der Waals surface area (Å²) in [6, 6.07) is 22.4. The Bertz CT molecular complexity index is 1110. The summed E-state index contributed by atoms with van der Waals surface area (Å²) in [4.78, 5) is 12.9. The van der Waals surface area contributed by atoms with E-state index in [1.54, 1.807) is 42.5 Å². The molecule has 0 spiro atoms. The summed E-state index contributed by atoms with van der Waals surface area (Å²) in [5, 5.41) is 2.78. The fraction of sp³-hybridized carbons (Fsp3) is 0.174. The van der Waals surface area contributed by atoms with Gasteiger partial charge in [-0.3, -0.25) is 9.10 Å². The van der Waals surface area contributed by atoms with Gasteiger partial charge in [-0.05, 0) is 48.9 Å². The van der Waals surface area contributed by atoms with E-state index in [1.807, 2.05) is 31.2 Å². The van der Waals surface area contributed by atoms with Crippen LogP contribution < -0.4 is 14.4 Å². The minimum atomic E-state index is -3.78. The van der Waals surface area contributed by atoms with Crippen LogP contribution in [0.5, 0.6) is 5.75 Å². The molecule has 0 aliphatic rings. The van der Waals surface area contributed by atoms with E-state index in [4.69, 9.17) is 4.74 Å². The molecule has 0 unspecified atom stereocenters. The van der Waals surface area contributed by atoms with Crippen LogP contribution in [0.4, 0.5) is 5.69 Å². The number of carbonyl (C=O) groups is 1. The number of aryl methyl sites for hydroxylation is 1. The predicted octanol–water partition coefficient (Wildman–Crippen LogP) is 3.63. The maximum Gasteiger partial charge on any atom is 0.264 e. The van der Waals surface area contributed by atoms with Gasteiger partial charge < -0.3 is 10.1 Å². The third-order valence-electron chi connectivity index (χ3n) is 4.54. The molecule has 0 radical (unpaired) electrons. The number of carbonyl (C=O) groups excluding carboxylic acids is 1. The van der Waals surface area contributed by atoms with E-state index in [9.17, 15) is 13.2 Å². The minimum absolute atomic E-state index is 0.161. The Morgan fingerprint density at radius 2 is 1.67 bits per heavy atom. The zero-order valence-electron chi connectivity index (χ0n) is 16.9. The summed E-state index contributed by atoms with van der Waals surface area (Å²) in [5.74, 6) is 0.367. The van der Waals surface area contributed by atoms with E-state index in [2.05, 4.69) is 5.32 Å². The number of hydrogen-bond acceptors (Lipinski definition) is 4. The number of nitrogens with one attached hydrogen (secondary N) is 1. The van der Waals surface area contributed by atoms with Crippen molar-refractivity contribution in [2.24, 2.45) is 0 Å². The third kappa shape index (κ3) is 4.99. The number of para-hydroxylation sites is 1. The van der Waals surface area contributed by atoms with E-state index >= 15 is 0 Å². The zero-order valence-corrected chi connectivity index (χ0v) is 17.7. The van der Waals surface area contributed by atoms with Crippen LogP contribution in [0.3, 0.4) is 0 Å². The number of nitrogens with zero attached hydrogens (tertiary/aromatic N) is 1. The van der Waals surface area contributed by atoms with Crippen molar-refractivity contribution in [1.29, 1.82) is 0 Å². The van der Waals surface area contributed by atoms with Crippen molar-refractivity contribution in [3.8, 4) is 5.75 Å². The van der Waals surface area contributed by atoms with Crippen molar-refractivity contribution in [2.45, 2.75) is 11.8 Å². The maximum absolute atomic E-state index is 12.9. The van der Waals surface area contributed by atoms with Crippen LogP contribution in [0.15, 0.2) is 83.8 Å².